The Bertz CT molecular complexity index is 3200. The first-order chi connectivity index (χ1) is 27.7. The quantitative estimate of drug-likeness (QED) is 0.168. The normalized spacial score (nSPS) is 11.6. The van der Waals surface area contributed by atoms with Crippen LogP contribution >= 0.6 is 11.3 Å². The Labute approximate surface area is 324 Å². The maximum Gasteiger partial charge on any atom is 0.165 e. The Morgan fingerprint density at radius 2 is 0.821 bits per heavy atom. The van der Waals surface area contributed by atoms with Crippen LogP contribution in [-0.2, 0) is 0 Å². The zero-order chi connectivity index (χ0) is 37.0. The second-order valence-corrected chi connectivity index (χ2v) is 14.5. The number of hydrogen-bond donors (Lipinski definition) is 0. The van der Waals surface area contributed by atoms with Crippen LogP contribution < -0.4 is 0 Å². The molecular formula is C48H28N6OS. The van der Waals surface area contributed by atoms with E-state index >= 15 is 0 Å². The molecule has 7 aromatic carbocycles. The molecule has 4 aromatic heterocycles. The molecule has 0 amide bonds. The fourth-order valence-corrected chi connectivity index (χ4v) is 8.60. The third-order valence-corrected chi connectivity index (χ3v) is 11.2. The highest BCUT2D eigenvalue weighted by Gasteiger charge is 2.20. The summed E-state index contributed by atoms with van der Waals surface area (Å²) in [5.74, 6) is 3.68. The van der Waals surface area contributed by atoms with Crippen molar-refractivity contribution in [2.24, 2.45) is 0 Å². The Morgan fingerprint density at radius 1 is 0.339 bits per heavy atom. The largest absolute Gasteiger partial charge is 0.456 e. The average molecular weight is 737 g/mol. The predicted octanol–water partition coefficient (Wildman–Crippen LogP) is 12.3. The molecule has 0 saturated heterocycles. The summed E-state index contributed by atoms with van der Waals surface area (Å²) in [6, 6.07) is 57.1. The number of nitrogens with zero attached hydrogens (tertiary/aromatic N) is 6. The van der Waals surface area contributed by atoms with E-state index in [4.69, 9.17) is 34.3 Å². The van der Waals surface area contributed by atoms with E-state index in [1.807, 2.05) is 121 Å². The van der Waals surface area contributed by atoms with Gasteiger partial charge in [0.15, 0.2) is 34.9 Å². The highest BCUT2D eigenvalue weighted by Crippen LogP contribution is 2.42. The first kappa shape index (κ1) is 32.0. The lowest BCUT2D eigenvalue weighted by atomic mass is 10.0. The van der Waals surface area contributed by atoms with Crippen molar-refractivity contribution in [2.75, 3.05) is 0 Å². The van der Waals surface area contributed by atoms with Crippen LogP contribution in [0.5, 0.6) is 0 Å². The van der Waals surface area contributed by atoms with Crippen LogP contribution in [0, 0.1) is 0 Å². The SMILES string of the molecule is c1ccc(-c2nc(-c3ccccc3)nc(-c3ccc4c(c3)sc3c(-c5nc(-c6ccccc6)nc(-c6cccc7oc8ccccc8c67)n5)cccc34)n2)cc1. The van der Waals surface area contributed by atoms with E-state index in [-0.39, 0.29) is 0 Å². The van der Waals surface area contributed by atoms with Crippen molar-refractivity contribution < 1.29 is 4.42 Å². The van der Waals surface area contributed by atoms with E-state index < -0.39 is 0 Å². The summed E-state index contributed by atoms with van der Waals surface area (Å²) in [5, 5.41) is 4.28. The molecule has 0 N–H and O–H groups in total. The van der Waals surface area contributed by atoms with Crippen LogP contribution in [0.4, 0.5) is 0 Å². The third-order valence-electron chi connectivity index (χ3n) is 10.0. The minimum atomic E-state index is 0.588. The van der Waals surface area contributed by atoms with Gasteiger partial charge in [-0.05, 0) is 24.3 Å². The van der Waals surface area contributed by atoms with E-state index in [1.165, 1.54) is 0 Å². The molecule has 11 aromatic rings. The van der Waals surface area contributed by atoms with Gasteiger partial charge in [0.05, 0.1) is 0 Å². The molecule has 0 spiro atoms. The number of para-hydroxylation sites is 1. The van der Waals surface area contributed by atoms with Crippen LogP contribution in [0.3, 0.4) is 0 Å². The molecule has 0 bridgehead atoms. The fourth-order valence-electron chi connectivity index (χ4n) is 7.35. The summed E-state index contributed by atoms with van der Waals surface area (Å²) in [5.41, 5.74) is 7.14. The van der Waals surface area contributed by atoms with Crippen LogP contribution in [0.25, 0.3) is 110 Å². The van der Waals surface area contributed by atoms with Crippen LogP contribution in [-0.4, -0.2) is 29.9 Å². The van der Waals surface area contributed by atoms with Crippen LogP contribution in [0.15, 0.2) is 174 Å². The topological polar surface area (TPSA) is 90.5 Å². The molecule has 0 aliphatic rings. The van der Waals surface area contributed by atoms with E-state index in [0.29, 0.717) is 34.9 Å². The van der Waals surface area contributed by atoms with Gasteiger partial charge in [0.25, 0.3) is 0 Å². The molecule has 262 valence electrons. The molecule has 0 atom stereocenters. The Morgan fingerprint density at radius 3 is 1.48 bits per heavy atom. The van der Waals surface area contributed by atoms with Crippen molar-refractivity contribution in [1.82, 2.24) is 29.9 Å². The lowest BCUT2D eigenvalue weighted by Crippen LogP contribution is -2.00. The molecule has 0 aliphatic heterocycles. The number of benzene rings is 7. The summed E-state index contributed by atoms with van der Waals surface area (Å²) in [6.45, 7) is 0. The van der Waals surface area contributed by atoms with Crippen molar-refractivity contribution in [2.45, 2.75) is 0 Å². The Kier molecular flexibility index (Phi) is 7.53. The predicted molar refractivity (Wildman–Crippen MR) is 226 cm³/mol. The van der Waals surface area contributed by atoms with E-state index in [2.05, 4.69) is 48.5 Å². The molecule has 0 aliphatic carbocycles. The molecule has 8 heteroatoms. The van der Waals surface area contributed by atoms with Crippen molar-refractivity contribution in [3.63, 3.8) is 0 Å². The van der Waals surface area contributed by atoms with Crippen LogP contribution in [0.2, 0.25) is 0 Å². The van der Waals surface area contributed by atoms with Crippen molar-refractivity contribution >= 4 is 53.4 Å². The summed E-state index contributed by atoms with van der Waals surface area (Å²) >= 11 is 1.72. The zero-order valence-corrected chi connectivity index (χ0v) is 30.5. The van der Waals surface area contributed by atoms with Crippen molar-refractivity contribution in [1.29, 1.82) is 0 Å². The molecule has 0 unspecified atom stereocenters. The van der Waals surface area contributed by atoms with Crippen LogP contribution in [0.1, 0.15) is 0 Å². The standard InChI is InChI=1S/C48H28N6OS/c1-4-14-29(15-5-1)43-49-44(30-16-6-2-7-17-30)51-46(50-43)32-26-27-33-34-21-12-23-37(42(34)56-40(33)28-32)48-53-45(31-18-8-3-9-19-31)52-47(54-48)36-22-13-25-39-41(36)35-20-10-11-24-38(35)55-39/h1-28H. The summed E-state index contributed by atoms with van der Waals surface area (Å²) < 4.78 is 8.46. The van der Waals surface area contributed by atoms with Gasteiger partial charge >= 0.3 is 0 Å². The van der Waals surface area contributed by atoms with Gasteiger partial charge in [-0.1, -0.05) is 146 Å². The van der Waals surface area contributed by atoms with Gasteiger partial charge in [0, 0.05) is 64.3 Å². The molecule has 7 nitrogen and oxygen atoms in total. The minimum Gasteiger partial charge on any atom is -0.456 e. The zero-order valence-electron chi connectivity index (χ0n) is 29.7. The van der Waals surface area contributed by atoms with Gasteiger partial charge in [0.2, 0.25) is 0 Å². The molecule has 11 rings (SSSR count). The number of hydrogen-bond acceptors (Lipinski definition) is 8. The van der Waals surface area contributed by atoms with Gasteiger partial charge in [-0.3, -0.25) is 0 Å². The lowest BCUT2D eigenvalue weighted by Gasteiger charge is -2.10. The monoisotopic (exact) mass is 736 g/mol. The second kappa shape index (κ2) is 13.2. The van der Waals surface area contributed by atoms with E-state index in [9.17, 15) is 0 Å². The lowest BCUT2D eigenvalue weighted by molar-refractivity contribution is 0.669. The van der Waals surface area contributed by atoms with Gasteiger partial charge in [-0.2, -0.15) is 0 Å². The number of rotatable bonds is 6. The molecule has 0 fully saturated rings. The van der Waals surface area contributed by atoms with Crippen molar-refractivity contribution in [3.8, 4) is 68.3 Å². The van der Waals surface area contributed by atoms with E-state index in [0.717, 1.165) is 75.5 Å². The maximum atomic E-state index is 6.25. The molecule has 0 saturated carbocycles. The van der Waals surface area contributed by atoms with Gasteiger partial charge in [-0.25, -0.2) is 29.9 Å². The first-order valence-electron chi connectivity index (χ1n) is 18.3. The van der Waals surface area contributed by atoms with E-state index in [1.54, 1.807) is 11.3 Å². The summed E-state index contributed by atoms with van der Waals surface area (Å²) in [7, 11) is 0. The Balaban J connectivity index is 1.09. The number of aromatic nitrogens is 6. The number of furan rings is 1. The Hall–Kier alpha value is -7.42. The first-order valence-corrected chi connectivity index (χ1v) is 19.1. The van der Waals surface area contributed by atoms with Gasteiger partial charge in [-0.15, -0.1) is 11.3 Å². The minimum absolute atomic E-state index is 0.588. The highest BCUT2D eigenvalue weighted by atomic mass is 32.1. The summed E-state index contributed by atoms with van der Waals surface area (Å²) in [4.78, 5) is 30.3. The van der Waals surface area contributed by atoms with Gasteiger partial charge in [0.1, 0.15) is 11.2 Å². The van der Waals surface area contributed by atoms with Crippen molar-refractivity contribution in [3.05, 3.63) is 170 Å². The smallest absolute Gasteiger partial charge is 0.165 e. The average Bonchev–Trinajstić information content (AvgIpc) is 3.85. The van der Waals surface area contributed by atoms with Gasteiger partial charge < -0.3 is 4.42 Å². The molecular weight excluding hydrogens is 709 g/mol. The molecule has 4 heterocycles. The molecule has 56 heavy (non-hydrogen) atoms. The highest BCUT2D eigenvalue weighted by molar-refractivity contribution is 7.26. The number of fused-ring (bicyclic) bond motifs is 6. The summed E-state index contributed by atoms with van der Waals surface area (Å²) in [6.07, 6.45) is 0. The number of thiophene rings is 1. The molecule has 0 radical (unpaired) electrons. The third kappa shape index (κ3) is 5.51. The second-order valence-electron chi connectivity index (χ2n) is 13.5. The fraction of sp³-hybridized carbons (Fsp3) is 0. The maximum absolute atomic E-state index is 6.25.